The van der Waals surface area contributed by atoms with Crippen molar-refractivity contribution in [1.82, 2.24) is 30.0 Å². The number of pyridine rings is 1. The molecule has 1 amide bonds. The standard InChI is InChI=1S/C24H26N8O/c1-2-3-15-8-11-27-19(12-15)30-24(33)17-6-4-16(5-7-17)21-20-22(25)28-14-29-23(20)32(31-21)18-9-10-26-13-18/h4-8,11-12,14,18,26H,2-3,9-10,13H2,1H3,(H2,25,28,29)(H,27,30,33)/t18-/m1/s1. The summed E-state index contributed by atoms with van der Waals surface area (Å²) in [5, 5.41) is 11.8. The number of carbonyl (C=O) groups is 1. The van der Waals surface area contributed by atoms with Gasteiger partial charge in [0, 0.05) is 23.9 Å². The molecule has 0 spiro atoms. The van der Waals surface area contributed by atoms with Crippen molar-refractivity contribution in [2.24, 2.45) is 0 Å². The summed E-state index contributed by atoms with van der Waals surface area (Å²) in [5.74, 6) is 0.736. The van der Waals surface area contributed by atoms with Crippen molar-refractivity contribution in [3.63, 3.8) is 0 Å². The zero-order chi connectivity index (χ0) is 22.8. The minimum absolute atomic E-state index is 0.210. The summed E-state index contributed by atoms with van der Waals surface area (Å²) in [4.78, 5) is 25.6. The molecule has 0 saturated carbocycles. The summed E-state index contributed by atoms with van der Waals surface area (Å²) in [6.45, 7) is 3.91. The number of nitrogens with one attached hydrogen (secondary N) is 2. The summed E-state index contributed by atoms with van der Waals surface area (Å²) in [6, 6.07) is 11.4. The maximum absolute atomic E-state index is 12.8. The zero-order valence-electron chi connectivity index (χ0n) is 18.5. The molecule has 168 valence electrons. The van der Waals surface area contributed by atoms with E-state index < -0.39 is 0 Å². The molecule has 4 heterocycles. The SMILES string of the molecule is CCCc1ccnc(NC(=O)c2ccc(-c3nn([C@@H]4CCNC4)c4ncnc(N)c34)cc2)c1. The number of hydrogen-bond acceptors (Lipinski definition) is 7. The normalized spacial score (nSPS) is 15.7. The Morgan fingerprint density at radius 3 is 2.82 bits per heavy atom. The first kappa shape index (κ1) is 21.0. The molecule has 0 bridgehead atoms. The lowest BCUT2D eigenvalue weighted by molar-refractivity contribution is 0.102. The quantitative estimate of drug-likeness (QED) is 0.419. The molecule has 4 N–H and O–H groups in total. The average Bonchev–Trinajstić information content (AvgIpc) is 3.48. The average molecular weight is 443 g/mol. The van der Waals surface area contributed by atoms with E-state index in [1.165, 1.54) is 6.33 Å². The van der Waals surface area contributed by atoms with Gasteiger partial charge >= 0.3 is 0 Å². The number of nitrogens with zero attached hydrogens (tertiary/aromatic N) is 5. The fraction of sp³-hybridized carbons (Fsp3) is 0.292. The number of fused-ring (bicyclic) bond motifs is 1. The molecule has 1 aliphatic heterocycles. The van der Waals surface area contributed by atoms with E-state index in [1.807, 2.05) is 28.9 Å². The van der Waals surface area contributed by atoms with Gasteiger partial charge in [-0.15, -0.1) is 0 Å². The number of rotatable bonds is 6. The molecule has 9 heteroatoms. The van der Waals surface area contributed by atoms with Crippen LogP contribution in [0.15, 0.2) is 48.9 Å². The summed E-state index contributed by atoms with van der Waals surface area (Å²) in [7, 11) is 0. The number of aryl methyl sites for hydroxylation is 1. The van der Waals surface area contributed by atoms with Crippen LogP contribution in [0.2, 0.25) is 0 Å². The van der Waals surface area contributed by atoms with Gasteiger partial charge in [0.05, 0.1) is 11.4 Å². The molecule has 0 aliphatic carbocycles. The lowest BCUT2D eigenvalue weighted by Gasteiger charge is -2.09. The summed E-state index contributed by atoms with van der Waals surface area (Å²) in [5.41, 5.74) is 10.2. The van der Waals surface area contributed by atoms with Crippen LogP contribution in [0.1, 0.15) is 41.7 Å². The molecule has 9 nitrogen and oxygen atoms in total. The van der Waals surface area contributed by atoms with E-state index in [0.29, 0.717) is 17.2 Å². The predicted molar refractivity (Wildman–Crippen MR) is 128 cm³/mol. The number of nitrogen functional groups attached to an aromatic ring is 1. The van der Waals surface area contributed by atoms with Gasteiger partial charge in [0.25, 0.3) is 5.91 Å². The third-order valence-corrected chi connectivity index (χ3v) is 5.92. The maximum atomic E-state index is 12.8. The molecule has 33 heavy (non-hydrogen) atoms. The third-order valence-electron chi connectivity index (χ3n) is 5.92. The molecule has 5 rings (SSSR count). The highest BCUT2D eigenvalue weighted by Crippen LogP contribution is 2.32. The van der Waals surface area contributed by atoms with Crippen molar-refractivity contribution in [2.45, 2.75) is 32.2 Å². The third kappa shape index (κ3) is 4.14. The van der Waals surface area contributed by atoms with Gasteiger partial charge < -0.3 is 16.4 Å². The molecule has 0 radical (unpaired) electrons. The fourth-order valence-electron chi connectivity index (χ4n) is 4.26. The Labute approximate surface area is 191 Å². The fourth-order valence-corrected chi connectivity index (χ4v) is 4.26. The number of anilines is 2. The zero-order valence-corrected chi connectivity index (χ0v) is 18.5. The van der Waals surface area contributed by atoms with Crippen LogP contribution in [0.5, 0.6) is 0 Å². The molecule has 1 saturated heterocycles. The number of aromatic nitrogens is 5. The van der Waals surface area contributed by atoms with E-state index in [1.54, 1.807) is 18.3 Å². The van der Waals surface area contributed by atoms with E-state index in [2.05, 4.69) is 32.5 Å². The number of nitrogens with two attached hydrogens (primary N) is 1. The largest absolute Gasteiger partial charge is 0.383 e. The van der Waals surface area contributed by atoms with Crippen molar-refractivity contribution in [1.29, 1.82) is 0 Å². The van der Waals surface area contributed by atoms with E-state index in [0.717, 1.165) is 60.2 Å². The summed E-state index contributed by atoms with van der Waals surface area (Å²) >= 11 is 0. The Morgan fingerprint density at radius 2 is 2.06 bits per heavy atom. The molecule has 1 aliphatic rings. The van der Waals surface area contributed by atoms with Crippen molar-refractivity contribution >= 4 is 28.6 Å². The van der Waals surface area contributed by atoms with Crippen molar-refractivity contribution in [3.05, 3.63) is 60.0 Å². The van der Waals surface area contributed by atoms with Gasteiger partial charge in [-0.25, -0.2) is 19.6 Å². The highest BCUT2D eigenvalue weighted by atomic mass is 16.1. The maximum Gasteiger partial charge on any atom is 0.256 e. The van der Waals surface area contributed by atoms with Crippen molar-refractivity contribution in [3.8, 4) is 11.3 Å². The van der Waals surface area contributed by atoms with E-state index >= 15 is 0 Å². The Hall–Kier alpha value is -3.85. The second-order valence-electron chi connectivity index (χ2n) is 8.23. The minimum atomic E-state index is -0.210. The van der Waals surface area contributed by atoms with Crippen molar-refractivity contribution in [2.75, 3.05) is 24.1 Å². The second kappa shape index (κ2) is 8.95. The van der Waals surface area contributed by atoms with Crippen LogP contribution in [0, 0.1) is 0 Å². The Kier molecular flexibility index (Phi) is 5.70. The Balaban J connectivity index is 1.43. The van der Waals surface area contributed by atoms with Gasteiger partial charge in [-0.2, -0.15) is 5.10 Å². The lowest BCUT2D eigenvalue weighted by atomic mass is 10.1. The van der Waals surface area contributed by atoms with Gasteiger partial charge in [0.15, 0.2) is 5.65 Å². The van der Waals surface area contributed by atoms with Gasteiger partial charge in [0.2, 0.25) is 0 Å². The monoisotopic (exact) mass is 442 g/mol. The molecular weight excluding hydrogens is 416 g/mol. The van der Waals surface area contributed by atoms with Gasteiger partial charge in [-0.3, -0.25) is 4.79 Å². The topological polar surface area (TPSA) is 124 Å². The van der Waals surface area contributed by atoms with E-state index in [9.17, 15) is 4.79 Å². The minimum Gasteiger partial charge on any atom is -0.383 e. The van der Waals surface area contributed by atoms with Crippen LogP contribution < -0.4 is 16.4 Å². The summed E-state index contributed by atoms with van der Waals surface area (Å²) < 4.78 is 1.94. The van der Waals surface area contributed by atoms with Crippen LogP contribution in [0.4, 0.5) is 11.6 Å². The van der Waals surface area contributed by atoms with Crippen LogP contribution in [-0.4, -0.2) is 43.7 Å². The molecular formula is C24H26N8O. The first-order chi connectivity index (χ1) is 16.1. The first-order valence-corrected chi connectivity index (χ1v) is 11.2. The molecule has 4 aromatic rings. The van der Waals surface area contributed by atoms with Gasteiger partial charge in [-0.05, 0) is 49.2 Å². The molecule has 1 atom stereocenters. The highest BCUT2D eigenvalue weighted by Gasteiger charge is 2.24. The van der Waals surface area contributed by atoms with Crippen LogP contribution in [0.25, 0.3) is 22.3 Å². The molecule has 1 fully saturated rings. The van der Waals surface area contributed by atoms with Crippen LogP contribution in [0.3, 0.4) is 0 Å². The van der Waals surface area contributed by atoms with E-state index in [4.69, 9.17) is 10.8 Å². The first-order valence-electron chi connectivity index (χ1n) is 11.2. The van der Waals surface area contributed by atoms with Gasteiger partial charge in [0.1, 0.15) is 23.7 Å². The van der Waals surface area contributed by atoms with E-state index in [-0.39, 0.29) is 11.9 Å². The number of carbonyl (C=O) groups excluding carboxylic acids is 1. The van der Waals surface area contributed by atoms with Crippen molar-refractivity contribution < 1.29 is 4.79 Å². The molecule has 0 unspecified atom stereocenters. The second-order valence-corrected chi connectivity index (χ2v) is 8.23. The lowest BCUT2D eigenvalue weighted by Crippen LogP contribution is -2.15. The Morgan fingerprint density at radius 1 is 1.21 bits per heavy atom. The molecule has 1 aromatic carbocycles. The smallest absolute Gasteiger partial charge is 0.256 e. The summed E-state index contributed by atoms with van der Waals surface area (Å²) in [6.07, 6.45) is 6.16. The number of benzene rings is 1. The number of amides is 1. The predicted octanol–water partition coefficient (Wildman–Crippen LogP) is 3.21. The van der Waals surface area contributed by atoms with Crippen LogP contribution in [-0.2, 0) is 6.42 Å². The van der Waals surface area contributed by atoms with Gasteiger partial charge in [-0.1, -0.05) is 25.5 Å². The van der Waals surface area contributed by atoms with Crippen LogP contribution >= 0.6 is 0 Å². The highest BCUT2D eigenvalue weighted by molar-refractivity contribution is 6.04. The number of hydrogen-bond donors (Lipinski definition) is 3. The Bertz CT molecular complexity index is 1290. The molecule has 3 aromatic heterocycles.